The Kier molecular flexibility index (Phi) is 5.13. The number of hydrogen-bond acceptors (Lipinski definition) is 3. The average Bonchev–Trinajstić information content (AvgIpc) is 2.26. The maximum absolute atomic E-state index is 12.3. The molecule has 0 spiro atoms. The van der Waals surface area contributed by atoms with Crippen molar-refractivity contribution in [1.29, 1.82) is 0 Å². The zero-order valence-corrected chi connectivity index (χ0v) is 10.9. The molecule has 0 saturated carbocycles. The minimum absolute atomic E-state index is 0.0112. The van der Waals surface area contributed by atoms with Gasteiger partial charge in [-0.05, 0) is 15.5 Å². The van der Waals surface area contributed by atoms with Gasteiger partial charge in [-0.1, -0.05) is 18.2 Å². The van der Waals surface area contributed by atoms with Crippen molar-refractivity contribution < 1.29 is 12.8 Å². The standard InChI is InChI=1S/C7H7Cl2FN2O2S2/c8-12(9)16(13,14)11(15-6-10)7-4-2-1-3-5-7/h1-5H,6H2. The Balaban J connectivity index is 3.11. The molecular weight excluding hydrogens is 298 g/mol. The Labute approximate surface area is 107 Å². The Bertz CT molecular complexity index is 429. The Hall–Kier alpha value is -0.210. The summed E-state index contributed by atoms with van der Waals surface area (Å²) < 4.78 is 36.2. The van der Waals surface area contributed by atoms with E-state index in [1.807, 2.05) is 0 Å². The molecule has 0 aromatic heterocycles. The molecule has 0 heterocycles. The van der Waals surface area contributed by atoms with Crippen molar-refractivity contribution in [2.75, 3.05) is 9.72 Å². The predicted octanol–water partition coefficient (Wildman–Crippen LogP) is 2.92. The van der Waals surface area contributed by atoms with E-state index >= 15 is 0 Å². The van der Waals surface area contributed by atoms with E-state index in [4.69, 9.17) is 23.6 Å². The third-order valence-corrected chi connectivity index (χ3v) is 4.97. The lowest BCUT2D eigenvalue weighted by Gasteiger charge is -2.21. The van der Waals surface area contributed by atoms with Crippen LogP contribution in [0.1, 0.15) is 0 Å². The zero-order chi connectivity index (χ0) is 12.2. The molecule has 0 amide bonds. The number of para-hydroxylation sites is 1. The normalized spacial score (nSPS) is 11.8. The van der Waals surface area contributed by atoms with Crippen molar-refractivity contribution >= 4 is 51.4 Å². The number of hydrogen-bond donors (Lipinski definition) is 0. The molecule has 1 aromatic carbocycles. The van der Waals surface area contributed by atoms with Crippen molar-refractivity contribution in [2.45, 2.75) is 0 Å². The highest BCUT2D eigenvalue weighted by atomic mass is 35.5. The minimum atomic E-state index is -4.13. The maximum Gasteiger partial charge on any atom is 0.341 e. The molecule has 0 saturated heterocycles. The second kappa shape index (κ2) is 5.92. The molecule has 0 unspecified atom stereocenters. The van der Waals surface area contributed by atoms with Gasteiger partial charge in [-0.25, -0.2) is 4.39 Å². The van der Waals surface area contributed by atoms with Crippen LogP contribution in [0.25, 0.3) is 0 Å². The van der Waals surface area contributed by atoms with E-state index in [1.165, 1.54) is 12.1 Å². The summed E-state index contributed by atoms with van der Waals surface area (Å²) in [5, 5.41) is 0. The van der Waals surface area contributed by atoms with Gasteiger partial charge < -0.3 is 0 Å². The van der Waals surface area contributed by atoms with Gasteiger partial charge in [-0.2, -0.15) is 12.1 Å². The van der Waals surface area contributed by atoms with Gasteiger partial charge in [0, 0.05) is 35.5 Å². The van der Waals surface area contributed by atoms with Crippen molar-refractivity contribution in [1.82, 2.24) is 3.34 Å². The molecule has 0 aliphatic heterocycles. The molecule has 0 aliphatic carbocycles. The van der Waals surface area contributed by atoms with Crippen LogP contribution < -0.4 is 3.71 Å². The first-order chi connectivity index (χ1) is 7.50. The van der Waals surface area contributed by atoms with Gasteiger partial charge in [0.25, 0.3) is 0 Å². The summed E-state index contributed by atoms with van der Waals surface area (Å²) in [6.45, 7) is 0. The number of nitrogens with zero attached hydrogens (tertiary/aromatic N) is 2. The summed E-state index contributed by atoms with van der Waals surface area (Å²) in [6, 6.07) is 7.01. The molecule has 4 nitrogen and oxygen atoms in total. The largest absolute Gasteiger partial charge is 0.341 e. The van der Waals surface area contributed by atoms with Gasteiger partial charge in [-0.15, -0.1) is 0 Å². The van der Waals surface area contributed by atoms with E-state index < -0.39 is 16.2 Å². The average molecular weight is 305 g/mol. The summed E-state index contributed by atoms with van der Waals surface area (Å²) in [5.74, 6) is 0. The highest BCUT2D eigenvalue weighted by Gasteiger charge is 2.29. The molecule has 0 N–H and O–H groups in total. The minimum Gasteiger partial charge on any atom is -0.237 e. The van der Waals surface area contributed by atoms with E-state index in [2.05, 4.69) is 0 Å². The monoisotopic (exact) mass is 304 g/mol. The molecule has 1 rings (SSSR count). The summed E-state index contributed by atoms with van der Waals surface area (Å²) >= 11 is 10.8. The Morgan fingerprint density at radius 2 is 1.81 bits per heavy atom. The Morgan fingerprint density at radius 3 is 2.25 bits per heavy atom. The van der Waals surface area contributed by atoms with E-state index in [0.29, 0.717) is 15.7 Å². The van der Waals surface area contributed by atoms with Gasteiger partial charge in [0.2, 0.25) is 0 Å². The first-order valence-electron chi connectivity index (χ1n) is 3.91. The van der Waals surface area contributed by atoms with Crippen molar-refractivity contribution in [2.24, 2.45) is 0 Å². The number of halogens is 3. The van der Waals surface area contributed by atoms with Gasteiger partial charge in [0.1, 0.15) is 0 Å². The molecular formula is C7H7Cl2FN2O2S2. The molecule has 9 heteroatoms. The molecule has 0 radical (unpaired) electrons. The molecule has 0 aliphatic rings. The molecule has 0 fully saturated rings. The van der Waals surface area contributed by atoms with Crippen LogP contribution in [-0.2, 0) is 10.2 Å². The first-order valence-corrected chi connectivity index (χ1v) is 6.92. The second-order valence-corrected chi connectivity index (χ2v) is 6.43. The van der Waals surface area contributed by atoms with Crippen LogP contribution in [0.5, 0.6) is 0 Å². The van der Waals surface area contributed by atoms with Crippen LogP contribution in [0.15, 0.2) is 30.3 Å². The summed E-state index contributed by atoms with van der Waals surface area (Å²) in [4.78, 5) is 0. The number of alkyl halides is 1. The third-order valence-electron chi connectivity index (χ3n) is 1.52. The predicted molar refractivity (Wildman–Crippen MR) is 65.0 cm³/mol. The zero-order valence-electron chi connectivity index (χ0n) is 7.76. The van der Waals surface area contributed by atoms with Crippen LogP contribution >= 0.6 is 35.5 Å². The van der Waals surface area contributed by atoms with Crippen LogP contribution in [0, 0.1) is 0 Å². The van der Waals surface area contributed by atoms with Crippen molar-refractivity contribution in [3.05, 3.63) is 30.3 Å². The summed E-state index contributed by atoms with van der Waals surface area (Å²) in [6.07, 6.45) is 0. The molecule has 0 atom stereocenters. The topological polar surface area (TPSA) is 40.6 Å². The molecule has 90 valence electrons. The maximum atomic E-state index is 12.3. The van der Waals surface area contributed by atoms with Crippen LogP contribution in [0.4, 0.5) is 10.1 Å². The fourth-order valence-corrected chi connectivity index (χ4v) is 3.23. The van der Waals surface area contributed by atoms with Gasteiger partial charge in [0.05, 0.1) is 5.69 Å². The van der Waals surface area contributed by atoms with E-state index in [1.54, 1.807) is 18.2 Å². The van der Waals surface area contributed by atoms with Crippen molar-refractivity contribution in [3.8, 4) is 0 Å². The summed E-state index contributed by atoms with van der Waals surface area (Å²) in [7, 11) is -4.13. The quantitative estimate of drug-likeness (QED) is 0.620. The lowest BCUT2D eigenvalue weighted by molar-refractivity contribution is 0.580. The van der Waals surface area contributed by atoms with E-state index in [0.717, 1.165) is 0 Å². The van der Waals surface area contributed by atoms with Gasteiger partial charge in [-0.3, -0.25) is 0 Å². The number of benzene rings is 1. The first kappa shape index (κ1) is 13.9. The number of rotatable bonds is 5. The number of anilines is 1. The van der Waals surface area contributed by atoms with Crippen LogP contribution in [0.2, 0.25) is 0 Å². The SMILES string of the molecule is O=S(=O)(N(Cl)Cl)N(SCF)c1ccccc1. The lowest BCUT2D eigenvalue weighted by Crippen LogP contribution is -2.30. The fourth-order valence-electron chi connectivity index (χ4n) is 0.924. The summed E-state index contributed by atoms with van der Waals surface area (Å²) in [5.41, 5.74) is 0.261. The van der Waals surface area contributed by atoms with Crippen LogP contribution in [0.3, 0.4) is 0 Å². The third kappa shape index (κ3) is 3.14. The molecule has 0 bridgehead atoms. The van der Waals surface area contributed by atoms with Gasteiger partial charge in [0.15, 0.2) is 6.01 Å². The second-order valence-electron chi connectivity index (χ2n) is 2.48. The molecule has 1 aromatic rings. The highest BCUT2D eigenvalue weighted by Crippen LogP contribution is 2.29. The van der Waals surface area contributed by atoms with Crippen LogP contribution in [-0.4, -0.2) is 17.8 Å². The fraction of sp³-hybridized carbons (Fsp3) is 0.143. The molecule has 16 heavy (non-hydrogen) atoms. The van der Waals surface area contributed by atoms with Crippen molar-refractivity contribution in [3.63, 3.8) is 0 Å². The van der Waals surface area contributed by atoms with E-state index in [-0.39, 0.29) is 9.03 Å². The van der Waals surface area contributed by atoms with Gasteiger partial charge >= 0.3 is 10.2 Å². The smallest absolute Gasteiger partial charge is 0.237 e. The highest BCUT2D eigenvalue weighted by molar-refractivity contribution is 8.14. The lowest BCUT2D eigenvalue weighted by atomic mass is 10.3. The van der Waals surface area contributed by atoms with E-state index in [9.17, 15) is 12.8 Å². The Morgan fingerprint density at radius 1 is 1.25 bits per heavy atom.